The third kappa shape index (κ3) is 18.6. The number of fused-ring (bicyclic) bond motifs is 8. The van der Waals surface area contributed by atoms with Crippen LogP contribution < -0.4 is 0 Å². The van der Waals surface area contributed by atoms with E-state index in [-0.39, 0.29) is 15.9 Å². The Morgan fingerprint density at radius 1 is 0.180 bits per heavy atom. The third-order valence-electron chi connectivity index (χ3n) is 19.4. The van der Waals surface area contributed by atoms with Crippen LogP contribution in [0.4, 0.5) is 0 Å². The lowest BCUT2D eigenvalue weighted by atomic mass is 10.1. The normalized spacial score (nSPS) is 10.9. The predicted octanol–water partition coefficient (Wildman–Crippen LogP) is 25.5. The van der Waals surface area contributed by atoms with E-state index in [9.17, 15) is 0 Å². The fourth-order valence-electron chi connectivity index (χ4n) is 13.6. The monoisotopic (exact) mass is 1730 g/mol. The van der Waals surface area contributed by atoms with Crippen LogP contribution in [-0.4, -0.2) is 91.8 Å². The van der Waals surface area contributed by atoms with E-state index in [1.165, 1.54) is 21.9 Å². The molecule has 0 atom stereocenters. The molecule has 0 fully saturated rings. The molecule has 0 spiro atoms. The van der Waals surface area contributed by atoms with Gasteiger partial charge in [0.1, 0.15) is 54.2 Å². The Kier molecular flexibility index (Phi) is 24.6. The minimum atomic E-state index is 0.258. The van der Waals surface area contributed by atoms with Gasteiger partial charge in [-0.05, 0) is 196 Å². The van der Waals surface area contributed by atoms with Crippen molar-refractivity contribution in [2.45, 2.75) is 0 Å². The molecule has 592 valence electrons. The fourth-order valence-corrected chi connectivity index (χ4v) is 14.6. The molecule has 26 heteroatoms. The van der Waals surface area contributed by atoms with Gasteiger partial charge in [-0.25, -0.2) is 44.9 Å². The molecule has 9 aromatic carbocycles. The summed E-state index contributed by atoms with van der Waals surface area (Å²) in [6.07, 6.45) is 23.9. The Balaban J connectivity index is 0.000000102. The highest BCUT2D eigenvalue weighted by Gasteiger charge is 2.14. The maximum atomic E-state index is 5.91. The second-order valence-corrected chi connectivity index (χ2v) is 29.7. The largest absolute Gasteiger partial charge is 0.316 e. The van der Waals surface area contributed by atoms with E-state index in [2.05, 4.69) is 143 Å². The summed E-state index contributed by atoms with van der Waals surface area (Å²) in [5.41, 5.74) is 17.5. The van der Waals surface area contributed by atoms with Crippen LogP contribution in [0.3, 0.4) is 0 Å². The Bertz CT molecular complexity index is 7030. The Hall–Kier alpha value is -14.3. The first-order valence-corrected chi connectivity index (χ1v) is 40.7. The summed E-state index contributed by atoms with van der Waals surface area (Å²) >= 11 is 41.1. The lowest BCUT2D eigenvalue weighted by Crippen LogP contribution is -1.94. The molecule has 14 heterocycles. The van der Waals surface area contributed by atoms with Crippen LogP contribution in [0.15, 0.2) is 390 Å². The number of benzene rings is 9. The SMILES string of the molecule is Clc1cc2c(ccn2-c2ccccc2)cn1.Clc1ccc2ccn(-c3ccccc3)c2n1.Clc1cnc2c(ccn2-c2ccccc2)n1.Clc1cnc2ccn(-c3ccccc3)c2n1.Clc1ncc2ccn(-c3ccc(-c4ccccc4)cc3)c2n1.Clc1ncc2ccn(-c3ccc4ccccc4c3)c2n1.Clc1ncc2ccn(-c3ccccc3)c2n1. The first-order chi connectivity index (χ1) is 59.8. The highest BCUT2D eigenvalue weighted by Crippen LogP contribution is 2.30. The standard InChI is InChI=1S/C18H12ClN3.C16H10ClN3.2C13H9ClN2.3C12H8ClN3/c19-18-20-12-15-10-11-22(17(15)21-18)16-8-6-14(7-9-16)13-4-2-1-3-5-13;17-16-18-10-13-7-8-20(15(13)19-16)14-6-5-11-3-1-2-4-12(11)9-14;14-13-8-12-10(9-15-13)6-7-16(12)11-4-2-1-3-5-11;14-12-7-6-10-8-9-16(13(10)15-12)11-4-2-1-3-5-11;13-12-14-8-9-6-7-16(11(9)15-12)10-4-2-1-3-5-10;13-11-8-14-12-10(15-11)6-7-16(12)9-4-2-1-3-5-9;13-11-8-14-10-6-7-16(12(10)15-11)9-4-2-1-3-5-9/h1-12H;1-10H;2*1-9H;3*1-8H. The Morgan fingerprint density at radius 3 is 1.06 bits per heavy atom. The van der Waals surface area contributed by atoms with Crippen LogP contribution in [0, 0.1) is 0 Å². The molecule has 0 unspecified atom stereocenters. The molecule has 19 nitrogen and oxygen atoms in total. The zero-order valence-electron chi connectivity index (χ0n) is 64.1. The summed E-state index contributed by atoms with van der Waals surface area (Å²) in [4.78, 5) is 50.2. The average Bonchev–Trinajstić information content (AvgIpc) is 1.75. The second-order valence-electron chi connectivity index (χ2n) is 27.1. The van der Waals surface area contributed by atoms with Gasteiger partial charge < -0.3 is 22.8 Å². The summed E-state index contributed by atoms with van der Waals surface area (Å²) < 4.78 is 14.1. The predicted molar refractivity (Wildman–Crippen MR) is 494 cm³/mol. The molecule has 0 saturated heterocycles. The number of halogens is 7. The van der Waals surface area contributed by atoms with Crippen LogP contribution in [0.25, 0.3) is 139 Å². The van der Waals surface area contributed by atoms with Crippen molar-refractivity contribution >= 4 is 169 Å². The molecule has 122 heavy (non-hydrogen) atoms. The molecule has 23 rings (SSSR count). The average molecular weight is 1730 g/mol. The van der Waals surface area contributed by atoms with Gasteiger partial charge in [0.2, 0.25) is 15.9 Å². The van der Waals surface area contributed by atoms with E-state index >= 15 is 0 Å². The van der Waals surface area contributed by atoms with Gasteiger partial charge in [-0.1, -0.05) is 210 Å². The van der Waals surface area contributed by atoms with Gasteiger partial charge >= 0.3 is 0 Å². The molecular weight excluding hydrogens is 1670 g/mol. The molecule has 0 amide bonds. The van der Waals surface area contributed by atoms with Gasteiger partial charge in [0.05, 0.1) is 17.9 Å². The van der Waals surface area contributed by atoms with Crippen LogP contribution in [0.5, 0.6) is 0 Å². The van der Waals surface area contributed by atoms with E-state index in [4.69, 9.17) is 81.2 Å². The summed E-state index contributed by atoms with van der Waals surface area (Å²) in [5, 5.41) is 10.2. The summed E-state index contributed by atoms with van der Waals surface area (Å²) in [7, 11) is 0. The van der Waals surface area contributed by atoms with Gasteiger partial charge in [-0.15, -0.1) is 0 Å². The zero-order valence-corrected chi connectivity index (χ0v) is 69.4. The number of pyridine rings is 2. The van der Waals surface area contributed by atoms with Crippen molar-refractivity contribution in [3.05, 3.63) is 426 Å². The molecule has 0 N–H and O–H groups in total. The van der Waals surface area contributed by atoms with Gasteiger partial charge in [-0.3, -0.25) is 9.13 Å². The number of nitrogens with zero attached hydrogens (tertiary/aromatic N) is 19. The van der Waals surface area contributed by atoms with Gasteiger partial charge in [0, 0.05) is 141 Å². The topological polar surface area (TPSA) is 189 Å². The summed E-state index contributed by atoms with van der Waals surface area (Å²) in [6.45, 7) is 0. The van der Waals surface area contributed by atoms with Crippen LogP contribution in [-0.2, 0) is 0 Å². The quantitative estimate of drug-likeness (QED) is 0.104. The van der Waals surface area contributed by atoms with Crippen molar-refractivity contribution in [2.75, 3.05) is 0 Å². The molecule has 23 aromatic rings. The number of hydrogen-bond acceptors (Lipinski definition) is 12. The van der Waals surface area contributed by atoms with Crippen molar-refractivity contribution in [3.8, 4) is 50.9 Å². The van der Waals surface area contributed by atoms with E-state index < -0.39 is 0 Å². The second kappa shape index (κ2) is 37.4. The number of hydrogen-bond donors (Lipinski definition) is 0. The van der Waals surface area contributed by atoms with Crippen LogP contribution in [0.2, 0.25) is 36.5 Å². The molecule has 0 bridgehead atoms. The third-order valence-corrected chi connectivity index (χ3v) is 20.7. The highest BCUT2D eigenvalue weighted by atomic mass is 35.5. The van der Waals surface area contributed by atoms with E-state index in [1.807, 2.05) is 295 Å². The van der Waals surface area contributed by atoms with E-state index in [1.54, 1.807) is 43.2 Å². The summed E-state index contributed by atoms with van der Waals surface area (Å²) in [6, 6.07) is 103. The summed E-state index contributed by atoms with van der Waals surface area (Å²) in [5.74, 6) is 0. The maximum absolute atomic E-state index is 5.91. The zero-order chi connectivity index (χ0) is 83.3. The van der Waals surface area contributed by atoms with Crippen molar-refractivity contribution in [1.82, 2.24) is 91.8 Å². The fraction of sp³-hybridized carbons (Fsp3) is 0. The lowest BCUT2D eigenvalue weighted by molar-refractivity contribution is 1.08. The minimum absolute atomic E-state index is 0.258. The smallest absolute Gasteiger partial charge is 0.224 e. The number of rotatable bonds is 8. The Labute approximate surface area is 732 Å². The molecule has 0 aliphatic rings. The molecule has 0 aliphatic carbocycles. The molecule has 14 aromatic heterocycles. The van der Waals surface area contributed by atoms with E-state index in [0.717, 1.165) is 117 Å². The van der Waals surface area contributed by atoms with Crippen molar-refractivity contribution in [2.24, 2.45) is 0 Å². The molecule has 0 saturated carbocycles. The van der Waals surface area contributed by atoms with Crippen molar-refractivity contribution in [3.63, 3.8) is 0 Å². The van der Waals surface area contributed by atoms with Gasteiger partial charge in [0.25, 0.3) is 0 Å². The van der Waals surface area contributed by atoms with Crippen molar-refractivity contribution in [1.29, 1.82) is 0 Å². The van der Waals surface area contributed by atoms with Gasteiger partial charge in [0.15, 0.2) is 11.3 Å². The molecular formula is C96H64Cl7N19. The number of para-hydroxylation sites is 5. The number of aromatic nitrogens is 19. The first kappa shape index (κ1) is 80.2. The Morgan fingerprint density at radius 2 is 0.533 bits per heavy atom. The van der Waals surface area contributed by atoms with E-state index in [0.29, 0.717) is 20.6 Å². The minimum Gasteiger partial charge on any atom is -0.316 e. The first-order valence-electron chi connectivity index (χ1n) is 38.0. The van der Waals surface area contributed by atoms with Crippen molar-refractivity contribution < 1.29 is 0 Å². The van der Waals surface area contributed by atoms with Gasteiger partial charge in [-0.2, -0.15) is 15.0 Å². The highest BCUT2D eigenvalue weighted by molar-refractivity contribution is 6.31. The van der Waals surface area contributed by atoms with Crippen LogP contribution >= 0.6 is 81.2 Å². The molecule has 0 aliphatic heterocycles. The lowest BCUT2D eigenvalue weighted by Gasteiger charge is -2.07. The molecule has 0 radical (unpaired) electrons. The van der Waals surface area contributed by atoms with Crippen LogP contribution in [0.1, 0.15) is 0 Å². The maximum Gasteiger partial charge on any atom is 0.224 e.